The van der Waals surface area contributed by atoms with Crippen molar-refractivity contribution in [2.24, 2.45) is 0 Å². The number of piperazine rings is 2. The van der Waals surface area contributed by atoms with Crippen molar-refractivity contribution < 1.29 is 10.2 Å². The zero-order valence-electron chi connectivity index (χ0n) is 32.2. The third-order valence-electron chi connectivity index (χ3n) is 11.5. The highest BCUT2D eigenvalue weighted by atomic mass is 35.5. The van der Waals surface area contributed by atoms with Gasteiger partial charge in [0.2, 0.25) is 11.9 Å². The molecule has 4 saturated heterocycles. The minimum Gasteiger partial charge on any atom is -0.390 e. The second-order valence-electron chi connectivity index (χ2n) is 15.4. The Morgan fingerprint density at radius 3 is 1.47 bits per heavy atom. The number of hydrogen-bond donors (Lipinski definition) is 2. The standard InChI is InChI=1S/C21H28ClN5O.C20H26ClN5O/c1-15-11-23-21(24-16(15)2)27-13-19(20(28)14-27)26-9-7-25(8-10-26)12-17-3-5-18(22)6-4-17;1-15-6-7-22-20(23-15)26-13-18(19(27)14-26)25-10-8-24(9-11-25)12-16-2-4-17(21)5-3-16/h3-6,11,19-20,28H,7-10,12-14H2,1-2H3;2-7,18-19,27H,8-14H2,1H3. The van der Waals surface area contributed by atoms with E-state index < -0.39 is 0 Å². The van der Waals surface area contributed by atoms with Crippen LogP contribution < -0.4 is 9.80 Å². The summed E-state index contributed by atoms with van der Waals surface area (Å²) in [5.74, 6) is 1.45. The number of aliphatic hydroxyl groups is 2. The van der Waals surface area contributed by atoms with Gasteiger partial charge < -0.3 is 20.0 Å². The van der Waals surface area contributed by atoms with Gasteiger partial charge in [0.05, 0.1) is 24.3 Å². The fourth-order valence-electron chi connectivity index (χ4n) is 8.04. The summed E-state index contributed by atoms with van der Waals surface area (Å²) in [6, 6.07) is 18.4. The van der Waals surface area contributed by atoms with Crippen LogP contribution in [0.3, 0.4) is 0 Å². The van der Waals surface area contributed by atoms with Crippen molar-refractivity contribution in [3.63, 3.8) is 0 Å². The van der Waals surface area contributed by atoms with E-state index in [9.17, 15) is 10.2 Å². The van der Waals surface area contributed by atoms with Crippen molar-refractivity contribution in [1.82, 2.24) is 39.5 Å². The maximum absolute atomic E-state index is 10.7. The van der Waals surface area contributed by atoms with Crippen LogP contribution in [0.4, 0.5) is 11.9 Å². The van der Waals surface area contributed by atoms with Gasteiger partial charge in [0.25, 0.3) is 0 Å². The second kappa shape index (κ2) is 18.2. The van der Waals surface area contributed by atoms with Crippen molar-refractivity contribution >= 4 is 35.1 Å². The first-order valence-electron chi connectivity index (χ1n) is 19.5. The second-order valence-corrected chi connectivity index (χ2v) is 16.3. The summed E-state index contributed by atoms with van der Waals surface area (Å²) in [6.45, 7) is 18.5. The molecule has 0 spiro atoms. The molecule has 0 saturated carbocycles. The van der Waals surface area contributed by atoms with Gasteiger partial charge in [0.1, 0.15) is 0 Å². The lowest BCUT2D eigenvalue weighted by molar-refractivity contribution is 0.0423. The van der Waals surface area contributed by atoms with Gasteiger partial charge >= 0.3 is 0 Å². The molecule has 4 aliphatic rings. The van der Waals surface area contributed by atoms with Crippen molar-refractivity contribution in [2.75, 3.05) is 88.3 Å². The Bertz CT molecular complexity index is 1840. The van der Waals surface area contributed by atoms with E-state index in [-0.39, 0.29) is 24.3 Å². The van der Waals surface area contributed by atoms with E-state index in [1.807, 2.05) is 57.3 Å². The third-order valence-corrected chi connectivity index (χ3v) is 12.0. The summed E-state index contributed by atoms with van der Waals surface area (Å²) < 4.78 is 0. The number of nitrogens with zero attached hydrogens (tertiary/aromatic N) is 10. The first-order valence-corrected chi connectivity index (χ1v) is 20.2. The van der Waals surface area contributed by atoms with Crippen LogP contribution in [0.25, 0.3) is 0 Å². The van der Waals surface area contributed by atoms with Gasteiger partial charge in [-0.25, -0.2) is 19.9 Å². The number of hydrogen-bond acceptors (Lipinski definition) is 12. The van der Waals surface area contributed by atoms with Gasteiger partial charge in [-0.05, 0) is 67.8 Å². The summed E-state index contributed by atoms with van der Waals surface area (Å²) in [6.07, 6.45) is 2.92. The number of benzene rings is 2. The van der Waals surface area contributed by atoms with Crippen molar-refractivity contribution in [3.05, 3.63) is 105 Å². The van der Waals surface area contributed by atoms with Crippen molar-refractivity contribution in [3.8, 4) is 0 Å². The minimum atomic E-state index is -0.368. The van der Waals surface area contributed by atoms with Crippen LogP contribution in [0.5, 0.6) is 0 Å². The molecule has 4 aliphatic heterocycles. The highest BCUT2D eigenvalue weighted by Crippen LogP contribution is 2.25. The average molecular weight is 790 g/mol. The first-order chi connectivity index (χ1) is 26.6. The van der Waals surface area contributed by atoms with E-state index in [2.05, 4.69) is 73.6 Å². The van der Waals surface area contributed by atoms with E-state index in [0.717, 1.165) is 117 Å². The SMILES string of the molecule is Cc1ccnc(N2CC(O)C(N3CCN(Cc4ccc(Cl)cc4)CC3)C2)n1.Cc1cnc(N2CC(O)C(N3CCN(Cc4ccc(Cl)cc4)CC3)C2)nc1C. The van der Waals surface area contributed by atoms with Gasteiger partial charge in [-0.3, -0.25) is 19.6 Å². The summed E-state index contributed by atoms with van der Waals surface area (Å²) in [7, 11) is 0. The molecule has 0 aliphatic carbocycles. The lowest BCUT2D eigenvalue weighted by Gasteiger charge is -2.38. The molecule has 0 amide bonds. The molecule has 4 aromatic rings. The molecule has 294 valence electrons. The van der Waals surface area contributed by atoms with E-state index in [1.165, 1.54) is 11.1 Å². The third kappa shape index (κ3) is 10.3. The highest BCUT2D eigenvalue weighted by molar-refractivity contribution is 6.30. The lowest BCUT2D eigenvalue weighted by atomic mass is 10.1. The molecule has 14 heteroatoms. The fourth-order valence-corrected chi connectivity index (χ4v) is 8.29. The molecule has 6 heterocycles. The number of halogens is 2. The number of anilines is 2. The monoisotopic (exact) mass is 788 g/mol. The predicted octanol–water partition coefficient (Wildman–Crippen LogP) is 3.92. The van der Waals surface area contributed by atoms with Crippen LogP contribution >= 0.6 is 23.2 Å². The normalized spacial score (nSPS) is 24.3. The zero-order valence-corrected chi connectivity index (χ0v) is 33.7. The van der Waals surface area contributed by atoms with E-state index in [4.69, 9.17) is 23.2 Å². The Labute approximate surface area is 335 Å². The molecule has 12 nitrogen and oxygen atoms in total. The van der Waals surface area contributed by atoms with Crippen LogP contribution in [-0.4, -0.2) is 153 Å². The topological polar surface area (TPSA) is 111 Å². The Hall–Kier alpha value is -3.46. The molecule has 2 aromatic carbocycles. The van der Waals surface area contributed by atoms with Crippen molar-refractivity contribution in [1.29, 1.82) is 0 Å². The molecule has 4 atom stereocenters. The molecular formula is C41H54Cl2N10O2. The molecule has 2 aromatic heterocycles. The lowest BCUT2D eigenvalue weighted by Crippen LogP contribution is -2.53. The summed E-state index contributed by atoms with van der Waals surface area (Å²) >= 11 is 11.9. The highest BCUT2D eigenvalue weighted by Gasteiger charge is 2.39. The maximum Gasteiger partial charge on any atom is 0.225 e. The van der Waals surface area contributed by atoms with Gasteiger partial charge in [-0.15, -0.1) is 0 Å². The summed E-state index contributed by atoms with van der Waals surface area (Å²) in [4.78, 5) is 31.9. The van der Waals surface area contributed by atoms with Crippen molar-refractivity contribution in [2.45, 2.75) is 58.2 Å². The number of aromatic nitrogens is 4. The molecule has 4 fully saturated rings. The largest absolute Gasteiger partial charge is 0.390 e. The Balaban J connectivity index is 0.000000169. The molecule has 0 radical (unpaired) electrons. The van der Waals surface area contributed by atoms with Gasteiger partial charge in [-0.2, -0.15) is 0 Å². The maximum atomic E-state index is 10.7. The number of rotatable bonds is 8. The number of β-amino-alcohol motifs (C(OH)–C–C–N with tert-alkyl or cyclic N) is 2. The molecule has 8 rings (SSSR count). The number of aryl methyl sites for hydroxylation is 3. The molecular weight excluding hydrogens is 735 g/mol. The van der Waals surface area contributed by atoms with E-state index in [0.29, 0.717) is 13.1 Å². The smallest absolute Gasteiger partial charge is 0.225 e. The first kappa shape index (κ1) is 39.8. The summed E-state index contributed by atoms with van der Waals surface area (Å²) in [5, 5.41) is 22.8. The number of aliphatic hydroxyl groups excluding tert-OH is 2. The van der Waals surface area contributed by atoms with Crippen LogP contribution in [0.2, 0.25) is 10.0 Å². The van der Waals surface area contributed by atoms with Crippen LogP contribution in [0.1, 0.15) is 28.1 Å². The minimum absolute atomic E-state index is 0.142. The fraction of sp³-hybridized carbons (Fsp3) is 0.512. The quantitative estimate of drug-likeness (QED) is 0.270. The zero-order chi connectivity index (χ0) is 38.5. The van der Waals surface area contributed by atoms with Crippen LogP contribution in [0, 0.1) is 20.8 Å². The van der Waals surface area contributed by atoms with Crippen LogP contribution in [0.15, 0.2) is 67.0 Å². The van der Waals surface area contributed by atoms with Gasteiger partial charge in [0.15, 0.2) is 0 Å². The molecule has 4 unspecified atom stereocenters. The van der Waals surface area contributed by atoms with E-state index in [1.54, 1.807) is 6.20 Å². The average Bonchev–Trinajstić information content (AvgIpc) is 3.78. The Morgan fingerprint density at radius 1 is 0.582 bits per heavy atom. The summed E-state index contributed by atoms with van der Waals surface area (Å²) in [5.41, 5.74) is 5.62. The Morgan fingerprint density at radius 2 is 1.04 bits per heavy atom. The van der Waals surface area contributed by atoms with Gasteiger partial charge in [0, 0.05) is 125 Å². The van der Waals surface area contributed by atoms with E-state index >= 15 is 0 Å². The predicted molar refractivity (Wildman–Crippen MR) is 219 cm³/mol. The molecule has 55 heavy (non-hydrogen) atoms. The molecule has 0 bridgehead atoms. The van der Waals surface area contributed by atoms with Crippen LogP contribution in [-0.2, 0) is 13.1 Å². The van der Waals surface area contributed by atoms with Gasteiger partial charge in [-0.1, -0.05) is 47.5 Å². The molecule has 2 N–H and O–H groups in total. The Kier molecular flexibility index (Phi) is 13.2.